The Morgan fingerprint density at radius 2 is 1.89 bits per heavy atom. The van der Waals surface area contributed by atoms with Crippen LogP contribution < -0.4 is 10.0 Å². The van der Waals surface area contributed by atoms with E-state index < -0.39 is 34.0 Å². The number of rotatable bonds is 7. The number of hydrogen-bond acceptors (Lipinski definition) is 6. The van der Waals surface area contributed by atoms with Crippen LogP contribution in [-0.2, 0) is 26.1 Å². The first-order valence-corrected chi connectivity index (χ1v) is 9.65. The zero-order valence-electron chi connectivity index (χ0n) is 15.3. The van der Waals surface area contributed by atoms with Crippen molar-refractivity contribution < 1.29 is 27.2 Å². The van der Waals surface area contributed by atoms with Gasteiger partial charge in [0.05, 0.1) is 23.3 Å². The predicted molar refractivity (Wildman–Crippen MR) is 97.4 cm³/mol. The Kier molecular flexibility index (Phi) is 6.40. The van der Waals surface area contributed by atoms with Gasteiger partial charge in [-0.3, -0.25) is 4.79 Å². The number of carbonyl (C=O) groups excluding carboxylic acids is 2. The minimum atomic E-state index is -3.84. The largest absolute Gasteiger partial charge is 0.468 e. The van der Waals surface area contributed by atoms with Crippen molar-refractivity contribution in [3.8, 4) is 0 Å². The van der Waals surface area contributed by atoms with Crippen LogP contribution in [0.4, 0.5) is 0 Å². The first kappa shape index (κ1) is 20.7. The summed E-state index contributed by atoms with van der Waals surface area (Å²) < 4.78 is 37.1. The van der Waals surface area contributed by atoms with Gasteiger partial charge in [0.2, 0.25) is 10.0 Å². The van der Waals surface area contributed by atoms with Gasteiger partial charge in [0.1, 0.15) is 5.76 Å². The maximum absolute atomic E-state index is 12.4. The fourth-order valence-corrected chi connectivity index (χ4v) is 3.16. The second-order valence-electron chi connectivity index (χ2n) is 6.81. The van der Waals surface area contributed by atoms with Crippen LogP contribution in [0, 0.1) is 0 Å². The molecule has 0 radical (unpaired) electrons. The van der Waals surface area contributed by atoms with Gasteiger partial charge in [-0.05, 0) is 51.1 Å². The van der Waals surface area contributed by atoms with Crippen LogP contribution >= 0.6 is 0 Å². The molecule has 0 aliphatic carbocycles. The third kappa shape index (κ3) is 6.54. The van der Waals surface area contributed by atoms with E-state index in [1.807, 2.05) is 0 Å². The summed E-state index contributed by atoms with van der Waals surface area (Å²) in [7, 11) is -3.84. The molecule has 0 saturated heterocycles. The van der Waals surface area contributed by atoms with E-state index in [0.29, 0.717) is 5.76 Å². The number of carbonyl (C=O) groups is 2. The van der Waals surface area contributed by atoms with Crippen molar-refractivity contribution in [2.45, 2.75) is 37.8 Å². The first-order chi connectivity index (χ1) is 12.6. The van der Waals surface area contributed by atoms with Crippen LogP contribution in [0.25, 0.3) is 0 Å². The van der Waals surface area contributed by atoms with Gasteiger partial charge in [-0.25, -0.2) is 17.9 Å². The molecule has 0 saturated carbocycles. The molecule has 2 aromatic rings. The molecule has 0 spiro atoms. The summed E-state index contributed by atoms with van der Waals surface area (Å²) in [6.45, 7) is 4.94. The number of amides is 1. The molecule has 0 aliphatic heterocycles. The third-order valence-corrected chi connectivity index (χ3v) is 4.64. The van der Waals surface area contributed by atoms with Gasteiger partial charge < -0.3 is 14.5 Å². The fourth-order valence-electron chi connectivity index (χ4n) is 2.12. The molecule has 1 amide bonds. The second kappa shape index (κ2) is 8.36. The molecule has 2 N–H and O–H groups in total. The molecule has 27 heavy (non-hydrogen) atoms. The summed E-state index contributed by atoms with van der Waals surface area (Å²) >= 11 is 0. The lowest BCUT2D eigenvalue weighted by molar-refractivity contribution is -0.125. The number of furan rings is 1. The van der Waals surface area contributed by atoms with Gasteiger partial charge >= 0.3 is 5.97 Å². The lowest BCUT2D eigenvalue weighted by atomic mass is 10.1. The summed E-state index contributed by atoms with van der Waals surface area (Å²) in [5, 5.41) is 2.66. The molecular weight excluding hydrogens is 372 g/mol. The Hall–Kier alpha value is -2.65. The van der Waals surface area contributed by atoms with E-state index in [1.54, 1.807) is 32.9 Å². The summed E-state index contributed by atoms with van der Waals surface area (Å²) in [4.78, 5) is 23.7. The van der Waals surface area contributed by atoms with E-state index in [4.69, 9.17) is 9.15 Å². The molecule has 1 aromatic carbocycles. The van der Waals surface area contributed by atoms with Gasteiger partial charge in [-0.2, -0.15) is 0 Å². The number of benzene rings is 1. The first-order valence-electron chi connectivity index (χ1n) is 8.17. The van der Waals surface area contributed by atoms with Crippen LogP contribution in [0.2, 0.25) is 0 Å². The van der Waals surface area contributed by atoms with E-state index in [-0.39, 0.29) is 17.0 Å². The molecule has 2 rings (SSSR count). The predicted octanol–water partition coefficient (Wildman–Crippen LogP) is 1.83. The summed E-state index contributed by atoms with van der Waals surface area (Å²) in [6, 6.07) is 8.67. The third-order valence-electron chi connectivity index (χ3n) is 3.25. The fraction of sp³-hybridized carbons (Fsp3) is 0.333. The van der Waals surface area contributed by atoms with Crippen molar-refractivity contribution in [2.75, 3.05) is 6.61 Å². The van der Waals surface area contributed by atoms with E-state index in [9.17, 15) is 18.0 Å². The SMILES string of the molecule is CC(C)(C)NC(=O)COC(=O)c1cccc(S(=O)(=O)NCc2ccco2)c1. The molecule has 8 nitrogen and oxygen atoms in total. The van der Waals surface area contributed by atoms with E-state index >= 15 is 0 Å². The van der Waals surface area contributed by atoms with Crippen molar-refractivity contribution in [1.29, 1.82) is 0 Å². The number of ether oxygens (including phenoxy) is 1. The quantitative estimate of drug-likeness (QED) is 0.693. The molecular formula is C18H22N2O6S. The number of nitrogens with one attached hydrogen (secondary N) is 2. The zero-order valence-corrected chi connectivity index (χ0v) is 16.1. The molecule has 0 bridgehead atoms. The maximum Gasteiger partial charge on any atom is 0.338 e. The Morgan fingerprint density at radius 1 is 1.15 bits per heavy atom. The lowest BCUT2D eigenvalue weighted by Gasteiger charge is -2.20. The Labute approximate surface area is 157 Å². The van der Waals surface area contributed by atoms with Crippen LogP contribution in [0.1, 0.15) is 36.9 Å². The van der Waals surface area contributed by atoms with Crippen molar-refractivity contribution >= 4 is 21.9 Å². The lowest BCUT2D eigenvalue weighted by Crippen LogP contribution is -2.42. The van der Waals surface area contributed by atoms with Gasteiger partial charge in [-0.1, -0.05) is 6.07 Å². The Morgan fingerprint density at radius 3 is 2.52 bits per heavy atom. The van der Waals surface area contributed by atoms with Crippen molar-refractivity contribution in [3.63, 3.8) is 0 Å². The van der Waals surface area contributed by atoms with Crippen molar-refractivity contribution in [1.82, 2.24) is 10.0 Å². The van der Waals surface area contributed by atoms with Crippen LogP contribution in [0.15, 0.2) is 52.0 Å². The van der Waals surface area contributed by atoms with Crippen LogP contribution in [0.5, 0.6) is 0 Å². The monoisotopic (exact) mass is 394 g/mol. The van der Waals surface area contributed by atoms with E-state index in [1.165, 1.54) is 30.5 Å². The van der Waals surface area contributed by atoms with Gasteiger partial charge in [0, 0.05) is 5.54 Å². The minimum absolute atomic E-state index is 0.0169. The summed E-state index contributed by atoms with van der Waals surface area (Å²) in [6.07, 6.45) is 1.44. The smallest absolute Gasteiger partial charge is 0.338 e. The summed E-state index contributed by atoms with van der Waals surface area (Å²) in [5.74, 6) is -0.777. The number of esters is 1. The van der Waals surface area contributed by atoms with Gasteiger partial charge in [0.25, 0.3) is 5.91 Å². The molecule has 0 atom stereocenters. The second-order valence-corrected chi connectivity index (χ2v) is 8.57. The number of hydrogen-bond donors (Lipinski definition) is 2. The normalized spacial score (nSPS) is 11.8. The Bertz CT molecular complexity index is 898. The molecule has 1 heterocycles. The highest BCUT2D eigenvalue weighted by atomic mass is 32.2. The minimum Gasteiger partial charge on any atom is -0.468 e. The van der Waals surface area contributed by atoms with Crippen molar-refractivity contribution in [3.05, 3.63) is 54.0 Å². The maximum atomic E-state index is 12.4. The topological polar surface area (TPSA) is 115 Å². The average Bonchev–Trinajstić information content (AvgIpc) is 3.10. The highest BCUT2D eigenvalue weighted by Gasteiger charge is 2.19. The molecule has 0 unspecified atom stereocenters. The highest BCUT2D eigenvalue weighted by molar-refractivity contribution is 7.89. The highest BCUT2D eigenvalue weighted by Crippen LogP contribution is 2.13. The van der Waals surface area contributed by atoms with E-state index in [2.05, 4.69) is 10.0 Å². The van der Waals surface area contributed by atoms with Crippen LogP contribution in [0.3, 0.4) is 0 Å². The molecule has 9 heteroatoms. The molecule has 1 aromatic heterocycles. The summed E-state index contributed by atoms with van der Waals surface area (Å²) in [5.41, 5.74) is -0.420. The van der Waals surface area contributed by atoms with Crippen molar-refractivity contribution in [2.24, 2.45) is 0 Å². The molecule has 146 valence electrons. The molecule has 0 fully saturated rings. The number of sulfonamides is 1. The standard InChI is InChI=1S/C18H22N2O6S/c1-18(2,3)20-16(21)12-26-17(22)13-6-4-8-15(10-13)27(23,24)19-11-14-7-5-9-25-14/h4-10,19H,11-12H2,1-3H3,(H,20,21). The zero-order chi connectivity index (χ0) is 20.1. The molecule has 0 aliphatic rings. The van der Waals surface area contributed by atoms with Gasteiger partial charge in [-0.15, -0.1) is 0 Å². The van der Waals surface area contributed by atoms with Crippen LogP contribution in [-0.4, -0.2) is 32.4 Å². The van der Waals surface area contributed by atoms with E-state index in [0.717, 1.165) is 0 Å². The van der Waals surface area contributed by atoms with Gasteiger partial charge in [0.15, 0.2) is 6.61 Å². The average molecular weight is 394 g/mol. The Balaban J connectivity index is 2.01.